The maximum atomic E-state index is 13.5. The zero-order chi connectivity index (χ0) is 28.2. The van der Waals surface area contributed by atoms with Gasteiger partial charge in [0.2, 0.25) is 0 Å². The van der Waals surface area contributed by atoms with Crippen LogP contribution in [0.4, 0.5) is 15.8 Å². The fourth-order valence-corrected chi connectivity index (χ4v) is 5.12. The van der Waals surface area contributed by atoms with Crippen LogP contribution < -0.4 is 10.6 Å². The first-order valence-corrected chi connectivity index (χ1v) is 13.4. The van der Waals surface area contributed by atoms with Gasteiger partial charge in [-0.15, -0.1) is 0 Å². The minimum Gasteiger partial charge on any atom is -0.467 e. The van der Waals surface area contributed by atoms with Crippen molar-refractivity contribution in [3.8, 4) is 0 Å². The highest BCUT2D eigenvalue weighted by Gasteiger charge is 2.39. The summed E-state index contributed by atoms with van der Waals surface area (Å²) >= 11 is 1.13. The average Bonchev–Trinajstić information content (AvgIpc) is 3.53. The summed E-state index contributed by atoms with van der Waals surface area (Å²) < 4.78 is 18.6. The van der Waals surface area contributed by atoms with Gasteiger partial charge in [0.15, 0.2) is 0 Å². The Kier molecular flexibility index (Phi) is 7.84. The lowest BCUT2D eigenvalue weighted by Crippen LogP contribution is -2.31. The van der Waals surface area contributed by atoms with E-state index >= 15 is 0 Å². The monoisotopic (exact) mass is 555 g/mol. The lowest BCUT2D eigenvalue weighted by Gasteiger charge is -2.14. The van der Waals surface area contributed by atoms with E-state index in [1.54, 1.807) is 36.4 Å². The molecule has 2 heterocycles. The van der Waals surface area contributed by atoms with Gasteiger partial charge in [-0.1, -0.05) is 43.8 Å². The molecular formula is C31H26FN3O4S. The highest BCUT2D eigenvalue weighted by atomic mass is 32.2. The molecule has 40 heavy (non-hydrogen) atoms. The third-order valence-corrected chi connectivity index (χ3v) is 7.36. The number of rotatable bonds is 9. The van der Waals surface area contributed by atoms with Crippen LogP contribution in [0.5, 0.6) is 0 Å². The number of halogens is 1. The first-order valence-electron chi connectivity index (χ1n) is 12.6. The predicted molar refractivity (Wildman–Crippen MR) is 152 cm³/mol. The number of carbonyl (C=O) groups is 3. The van der Waals surface area contributed by atoms with E-state index in [0.717, 1.165) is 22.2 Å². The molecule has 0 atom stereocenters. The van der Waals surface area contributed by atoms with Gasteiger partial charge in [-0.3, -0.25) is 19.3 Å². The van der Waals surface area contributed by atoms with Crippen LogP contribution in [0.15, 0.2) is 111 Å². The van der Waals surface area contributed by atoms with Gasteiger partial charge in [-0.2, -0.15) is 0 Å². The molecule has 9 heteroatoms. The van der Waals surface area contributed by atoms with Crippen molar-refractivity contribution in [2.75, 3.05) is 10.6 Å². The Morgan fingerprint density at radius 1 is 0.925 bits per heavy atom. The molecule has 3 aromatic carbocycles. The van der Waals surface area contributed by atoms with E-state index in [2.05, 4.69) is 24.5 Å². The highest BCUT2D eigenvalue weighted by molar-refractivity contribution is 8.04. The Bertz CT molecular complexity index is 1580. The summed E-state index contributed by atoms with van der Waals surface area (Å²) in [6.07, 6.45) is 1.49. The van der Waals surface area contributed by atoms with Crippen LogP contribution in [0.3, 0.4) is 0 Å². The van der Waals surface area contributed by atoms with Crippen molar-refractivity contribution >= 4 is 40.9 Å². The topological polar surface area (TPSA) is 91.7 Å². The fraction of sp³-hybridized carbons (Fsp3) is 0.129. The van der Waals surface area contributed by atoms with E-state index < -0.39 is 23.5 Å². The molecule has 1 aliphatic heterocycles. The number of benzene rings is 3. The molecule has 1 aliphatic rings. The van der Waals surface area contributed by atoms with Crippen LogP contribution >= 0.6 is 11.8 Å². The second-order valence-corrected chi connectivity index (χ2v) is 10.6. The smallest absolute Gasteiger partial charge is 0.278 e. The van der Waals surface area contributed by atoms with Crippen molar-refractivity contribution in [3.63, 3.8) is 0 Å². The second kappa shape index (κ2) is 11.6. The summed E-state index contributed by atoms with van der Waals surface area (Å²) in [6, 6.07) is 23.3. The standard InChI is InChI=1S/C31H26FN3O4S/c1-19(2)20-10-14-23(15-11-20)33-27-28(31(38)35(30(27)37)18-25-6-4-16-39-25)40-26-7-3-5-24(17-26)34-29(36)21-8-12-22(32)13-9-21/h3-17,19,33H,18H2,1-2H3,(H,34,36). The van der Waals surface area contributed by atoms with Crippen molar-refractivity contribution in [3.05, 3.63) is 124 Å². The van der Waals surface area contributed by atoms with Crippen molar-refractivity contribution in [1.82, 2.24) is 4.90 Å². The number of furan rings is 1. The van der Waals surface area contributed by atoms with E-state index in [1.807, 2.05) is 24.3 Å². The van der Waals surface area contributed by atoms with Crippen LogP contribution in [0, 0.1) is 5.82 Å². The first-order chi connectivity index (χ1) is 19.3. The van der Waals surface area contributed by atoms with Crippen LogP contribution in [-0.2, 0) is 16.1 Å². The Morgan fingerprint density at radius 3 is 2.35 bits per heavy atom. The molecule has 3 amide bonds. The van der Waals surface area contributed by atoms with Gasteiger partial charge >= 0.3 is 0 Å². The normalized spacial score (nSPS) is 13.3. The lowest BCUT2D eigenvalue weighted by atomic mass is 10.0. The van der Waals surface area contributed by atoms with Crippen molar-refractivity contribution in [2.24, 2.45) is 0 Å². The van der Waals surface area contributed by atoms with Gasteiger partial charge in [0.1, 0.15) is 22.2 Å². The van der Waals surface area contributed by atoms with Gasteiger partial charge in [0.05, 0.1) is 12.8 Å². The van der Waals surface area contributed by atoms with Gasteiger partial charge in [0.25, 0.3) is 17.7 Å². The largest absolute Gasteiger partial charge is 0.467 e. The number of nitrogens with one attached hydrogen (secondary N) is 2. The average molecular weight is 556 g/mol. The molecule has 7 nitrogen and oxygen atoms in total. The number of carbonyl (C=O) groups excluding carboxylic acids is 3. The van der Waals surface area contributed by atoms with Crippen LogP contribution in [0.1, 0.15) is 41.4 Å². The number of nitrogens with zero attached hydrogens (tertiary/aromatic N) is 1. The molecule has 0 aliphatic carbocycles. The molecule has 5 rings (SSSR count). The van der Waals surface area contributed by atoms with Crippen molar-refractivity contribution in [1.29, 1.82) is 0 Å². The van der Waals surface area contributed by atoms with Gasteiger partial charge in [-0.05, 0) is 78.2 Å². The highest BCUT2D eigenvalue weighted by Crippen LogP contribution is 2.37. The molecule has 0 saturated carbocycles. The SMILES string of the molecule is CC(C)c1ccc(NC2=C(Sc3cccc(NC(=O)c4ccc(F)cc4)c3)C(=O)N(Cc3ccco3)C2=O)cc1. The molecule has 202 valence electrons. The summed E-state index contributed by atoms with van der Waals surface area (Å²) in [5, 5.41) is 5.94. The van der Waals surface area contributed by atoms with Gasteiger partial charge in [0, 0.05) is 21.8 Å². The van der Waals surface area contributed by atoms with Gasteiger partial charge in [-0.25, -0.2) is 4.39 Å². The molecule has 0 radical (unpaired) electrons. The Balaban J connectivity index is 1.41. The number of imide groups is 1. The second-order valence-electron chi connectivity index (χ2n) is 9.47. The number of hydrogen-bond donors (Lipinski definition) is 2. The molecule has 2 N–H and O–H groups in total. The molecule has 0 spiro atoms. The van der Waals surface area contributed by atoms with E-state index in [9.17, 15) is 18.8 Å². The zero-order valence-corrected chi connectivity index (χ0v) is 22.6. The Morgan fingerprint density at radius 2 is 1.68 bits per heavy atom. The number of amides is 3. The van der Waals surface area contributed by atoms with Crippen molar-refractivity contribution < 1.29 is 23.2 Å². The third-order valence-electron chi connectivity index (χ3n) is 6.28. The molecule has 4 aromatic rings. The first kappa shape index (κ1) is 27.0. The third kappa shape index (κ3) is 6.00. The molecule has 0 saturated heterocycles. The minimum absolute atomic E-state index is 0.0000388. The molecule has 0 unspecified atom stereocenters. The van der Waals surface area contributed by atoms with Crippen LogP contribution in [0.25, 0.3) is 0 Å². The number of hydrogen-bond acceptors (Lipinski definition) is 6. The number of thioether (sulfide) groups is 1. The zero-order valence-electron chi connectivity index (χ0n) is 21.8. The van der Waals surface area contributed by atoms with Crippen molar-refractivity contribution in [2.45, 2.75) is 31.2 Å². The van der Waals surface area contributed by atoms with Crippen LogP contribution in [-0.4, -0.2) is 22.6 Å². The maximum absolute atomic E-state index is 13.5. The fourth-order valence-electron chi connectivity index (χ4n) is 4.12. The summed E-state index contributed by atoms with van der Waals surface area (Å²) in [4.78, 5) is 41.6. The van der Waals surface area contributed by atoms with E-state index in [4.69, 9.17) is 4.42 Å². The molecular weight excluding hydrogens is 529 g/mol. The Labute approximate surface area is 235 Å². The summed E-state index contributed by atoms with van der Waals surface area (Å²) in [6.45, 7) is 4.20. The van der Waals surface area contributed by atoms with E-state index in [0.29, 0.717) is 33.5 Å². The summed E-state index contributed by atoms with van der Waals surface area (Å²) in [5.74, 6) is -0.899. The number of anilines is 2. The Hall–Kier alpha value is -4.63. The quantitative estimate of drug-likeness (QED) is 0.221. The molecule has 0 bridgehead atoms. The summed E-state index contributed by atoms with van der Waals surface area (Å²) in [7, 11) is 0. The lowest BCUT2D eigenvalue weighted by molar-refractivity contribution is -0.138. The maximum Gasteiger partial charge on any atom is 0.278 e. The molecule has 0 fully saturated rings. The van der Waals surface area contributed by atoms with Crippen LogP contribution in [0.2, 0.25) is 0 Å². The minimum atomic E-state index is -0.461. The predicted octanol–water partition coefficient (Wildman–Crippen LogP) is 6.78. The summed E-state index contributed by atoms with van der Waals surface area (Å²) in [5.41, 5.74) is 2.80. The van der Waals surface area contributed by atoms with Gasteiger partial charge < -0.3 is 15.1 Å². The van der Waals surface area contributed by atoms with E-state index in [-0.39, 0.29) is 17.1 Å². The van der Waals surface area contributed by atoms with E-state index in [1.165, 1.54) is 30.5 Å². The molecule has 1 aromatic heterocycles.